The highest BCUT2D eigenvalue weighted by Gasteiger charge is 2.37. The summed E-state index contributed by atoms with van der Waals surface area (Å²) in [7, 11) is 0. The zero-order chi connectivity index (χ0) is 12.5. The summed E-state index contributed by atoms with van der Waals surface area (Å²) in [6.45, 7) is 2.48. The molecule has 0 N–H and O–H groups in total. The van der Waals surface area contributed by atoms with Crippen LogP contribution in [0.15, 0.2) is 36.1 Å². The van der Waals surface area contributed by atoms with Crippen LogP contribution in [-0.4, -0.2) is 24.8 Å². The molecule has 2 atom stereocenters. The van der Waals surface area contributed by atoms with E-state index in [4.69, 9.17) is 14.2 Å². The van der Waals surface area contributed by atoms with Crippen molar-refractivity contribution in [2.45, 2.75) is 25.7 Å². The van der Waals surface area contributed by atoms with Gasteiger partial charge in [0.1, 0.15) is 11.9 Å². The summed E-state index contributed by atoms with van der Waals surface area (Å²) in [5, 5.41) is 0. The molecule has 0 radical (unpaired) electrons. The fourth-order valence-corrected chi connectivity index (χ4v) is 2.25. The molecule has 0 aromatic heterocycles. The quantitative estimate of drug-likeness (QED) is 0.803. The maximum absolute atomic E-state index is 12.2. The predicted molar refractivity (Wildman–Crippen MR) is 64.4 cm³/mol. The minimum atomic E-state index is -0.332. The van der Waals surface area contributed by atoms with E-state index in [-0.39, 0.29) is 18.2 Å². The first-order valence-corrected chi connectivity index (χ1v) is 6.07. The molecule has 18 heavy (non-hydrogen) atoms. The van der Waals surface area contributed by atoms with Crippen LogP contribution in [0, 0.1) is 0 Å². The monoisotopic (exact) mass is 246 g/mol. The van der Waals surface area contributed by atoms with Crippen molar-refractivity contribution < 1.29 is 19.0 Å². The first-order chi connectivity index (χ1) is 8.79. The molecular weight excluding hydrogens is 232 g/mol. The lowest BCUT2D eigenvalue weighted by Crippen LogP contribution is -2.38. The molecule has 3 rings (SSSR count). The van der Waals surface area contributed by atoms with Gasteiger partial charge in [-0.3, -0.25) is 4.79 Å². The van der Waals surface area contributed by atoms with Crippen LogP contribution in [-0.2, 0) is 9.47 Å². The Labute approximate surface area is 105 Å². The number of benzene rings is 1. The van der Waals surface area contributed by atoms with Gasteiger partial charge in [0.25, 0.3) is 0 Å². The lowest BCUT2D eigenvalue weighted by atomic mass is 9.93. The molecule has 94 valence electrons. The molecule has 2 aliphatic heterocycles. The summed E-state index contributed by atoms with van der Waals surface area (Å²) in [6.07, 6.45) is 1.42. The predicted octanol–water partition coefficient (Wildman–Crippen LogP) is 2.30. The van der Waals surface area contributed by atoms with E-state index in [1.807, 2.05) is 25.1 Å². The highest BCUT2D eigenvalue weighted by Crippen LogP contribution is 2.34. The van der Waals surface area contributed by atoms with E-state index in [0.717, 1.165) is 0 Å². The fraction of sp³-hybridized carbons (Fsp3) is 0.357. The van der Waals surface area contributed by atoms with Gasteiger partial charge in [-0.2, -0.15) is 0 Å². The Morgan fingerprint density at radius 1 is 1.39 bits per heavy atom. The first-order valence-electron chi connectivity index (χ1n) is 6.07. The molecule has 2 heterocycles. The SMILES string of the molecule is CCO[C@H]1C[C@H]2Oc3ccccc3C(=O)C2=CO1. The van der Waals surface area contributed by atoms with Gasteiger partial charge in [0.05, 0.1) is 23.8 Å². The smallest absolute Gasteiger partial charge is 0.202 e. The summed E-state index contributed by atoms with van der Waals surface area (Å²) in [6, 6.07) is 7.27. The molecule has 4 nitrogen and oxygen atoms in total. The van der Waals surface area contributed by atoms with Crippen molar-refractivity contribution in [3.8, 4) is 5.75 Å². The number of Topliss-reactive ketones (excluding diaryl/α,β-unsaturated/α-hetero) is 1. The highest BCUT2D eigenvalue weighted by molar-refractivity contribution is 6.12. The van der Waals surface area contributed by atoms with Crippen molar-refractivity contribution in [3.63, 3.8) is 0 Å². The zero-order valence-corrected chi connectivity index (χ0v) is 10.1. The van der Waals surface area contributed by atoms with Crippen molar-refractivity contribution in [1.29, 1.82) is 0 Å². The lowest BCUT2D eigenvalue weighted by Gasteiger charge is -2.33. The molecule has 0 spiro atoms. The van der Waals surface area contributed by atoms with Crippen LogP contribution in [0.1, 0.15) is 23.7 Å². The third kappa shape index (κ3) is 1.78. The van der Waals surface area contributed by atoms with Gasteiger partial charge in [-0.05, 0) is 19.1 Å². The average Bonchev–Trinajstić information content (AvgIpc) is 2.39. The minimum Gasteiger partial charge on any atom is -0.484 e. The molecule has 0 unspecified atom stereocenters. The van der Waals surface area contributed by atoms with Crippen molar-refractivity contribution in [1.82, 2.24) is 0 Å². The van der Waals surface area contributed by atoms with Crippen LogP contribution in [0.25, 0.3) is 0 Å². The van der Waals surface area contributed by atoms with Crippen LogP contribution in [0.4, 0.5) is 0 Å². The van der Waals surface area contributed by atoms with Gasteiger partial charge in [-0.25, -0.2) is 0 Å². The summed E-state index contributed by atoms with van der Waals surface area (Å²) >= 11 is 0. The molecule has 4 heteroatoms. The average molecular weight is 246 g/mol. The van der Waals surface area contributed by atoms with Crippen LogP contribution in [0.2, 0.25) is 0 Å². The Balaban J connectivity index is 1.91. The summed E-state index contributed by atoms with van der Waals surface area (Å²) in [4.78, 5) is 12.2. The number of fused-ring (bicyclic) bond motifs is 2. The molecule has 0 fully saturated rings. The molecule has 1 aromatic carbocycles. The highest BCUT2D eigenvalue weighted by atomic mass is 16.7. The second-order valence-corrected chi connectivity index (χ2v) is 4.26. The first kappa shape index (κ1) is 11.3. The summed E-state index contributed by atoms with van der Waals surface area (Å²) in [5.74, 6) is 0.624. The van der Waals surface area contributed by atoms with Gasteiger partial charge in [0, 0.05) is 6.61 Å². The summed E-state index contributed by atoms with van der Waals surface area (Å²) < 4.78 is 16.6. The van der Waals surface area contributed by atoms with Gasteiger partial charge in [0.2, 0.25) is 6.29 Å². The van der Waals surface area contributed by atoms with Crippen LogP contribution < -0.4 is 4.74 Å². The third-order valence-corrected chi connectivity index (χ3v) is 3.12. The number of hydrogen-bond acceptors (Lipinski definition) is 4. The maximum Gasteiger partial charge on any atom is 0.202 e. The van der Waals surface area contributed by atoms with E-state index in [1.54, 1.807) is 6.07 Å². The maximum atomic E-state index is 12.2. The van der Waals surface area contributed by atoms with E-state index >= 15 is 0 Å². The standard InChI is InChI=1S/C14H14O4/c1-2-16-13-7-12-10(8-17-13)14(15)9-5-3-4-6-11(9)18-12/h3-6,8,12-13H,2,7H2,1H3/t12-,13-/m1/s1. The Kier molecular flexibility index (Phi) is 2.80. The number of ketones is 1. The van der Waals surface area contributed by atoms with Gasteiger partial charge in [0.15, 0.2) is 5.78 Å². The van der Waals surface area contributed by atoms with Gasteiger partial charge < -0.3 is 14.2 Å². The summed E-state index contributed by atoms with van der Waals surface area (Å²) in [5.41, 5.74) is 1.17. The number of para-hydroxylation sites is 1. The topological polar surface area (TPSA) is 44.8 Å². The number of ether oxygens (including phenoxy) is 3. The zero-order valence-electron chi connectivity index (χ0n) is 10.1. The van der Waals surface area contributed by atoms with Crippen LogP contribution in [0.5, 0.6) is 5.75 Å². The molecule has 0 aliphatic carbocycles. The molecule has 0 amide bonds. The van der Waals surface area contributed by atoms with Crippen molar-refractivity contribution in [2.24, 2.45) is 0 Å². The van der Waals surface area contributed by atoms with E-state index < -0.39 is 0 Å². The van der Waals surface area contributed by atoms with E-state index in [1.165, 1.54) is 6.26 Å². The normalized spacial score (nSPS) is 25.4. The molecule has 0 bridgehead atoms. The largest absolute Gasteiger partial charge is 0.484 e. The molecule has 1 aromatic rings. The van der Waals surface area contributed by atoms with Gasteiger partial charge in [-0.15, -0.1) is 0 Å². The van der Waals surface area contributed by atoms with E-state index in [0.29, 0.717) is 29.9 Å². The minimum absolute atomic E-state index is 0.0169. The van der Waals surface area contributed by atoms with E-state index in [2.05, 4.69) is 0 Å². The van der Waals surface area contributed by atoms with Crippen LogP contribution >= 0.6 is 0 Å². The fourth-order valence-electron chi connectivity index (χ4n) is 2.25. The molecule has 2 aliphatic rings. The Morgan fingerprint density at radius 3 is 3.06 bits per heavy atom. The second-order valence-electron chi connectivity index (χ2n) is 4.26. The third-order valence-electron chi connectivity index (χ3n) is 3.12. The van der Waals surface area contributed by atoms with Crippen molar-refractivity contribution in [3.05, 3.63) is 41.7 Å². The Bertz CT molecular complexity index is 506. The Morgan fingerprint density at radius 2 is 2.22 bits per heavy atom. The van der Waals surface area contributed by atoms with E-state index in [9.17, 15) is 4.79 Å². The van der Waals surface area contributed by atoms with Gasteiger partial charge >= 0.3 is 0 Å². The lowest BCUT2D eigenvalue weighted by molar-refractivity contribution is -0.127. The molecule has 0 saturated carbocycles. The number of hydrogen-bond donors (Lipinski definition) is 0. The molecule has 0 saturated heterocycles. The number of rotatable bonds is 2. The van der Waals surface area contributed by atoms with Crippen molar-refractivity contribution in [2.75, 3.05) is 6.61 Å². The number of carbonyl (C=O) groups excluding carboxylic acids is 1. The Hall–Kier alpha value is -1.81. The van der Waals surface area contributed by atoms with Crippen molar-refractivity contribution >= 4 is 5.78 Å². The second kappa shape index (κ2) is 4.46. The molecular formula is C14H14O4. The van der Waals surface area contributed by atoms with Gasteiger partial charge in [-0.1, -0.05) is 12.1 Å². The van der Waals surface area contributed by atoms with Crippen LogP contribution in [0.3, 0.4) is 0 Å². The number of carbonyl (C=O) groups is 1.